The van der Waals surface area contributed by atoms with Gasteiger partial charge in [-0.05, 0) is 12.1 Å². The molecule has 0 unspecified atom stereocenters. The number of aromatic nitrogens is 2. The Morgan fingerprint density at radius 3 is 2.43 bits per heavy atom. The smallest absolute Gasteiger partial charge is 0.316 e. The molecule has 0 aliphatic carbocycles. The van der Waals surface area contributed by atoms with Crippen LogP contribution in [0.5, 0.6) is 5.75 Å². The molecule has 0 fully saturated rings. The van der Waals surface area contributed by atoms with E-state index in [9.17, 15) is 19.7 Å². The Kier molecular flexibility index (Phi) is 6.66. The maximum absolute atomic E-state index is 12.0. The zero-order valence-electron chi connectivity index (χ0n) is 15.6. The summed E-state index contributed by atoms with van der Waals surface area (Å²) in [5.74, 6) is -0.512. The molecule has 0 radical (unpaired) electrons. The lowest BCUT2D eigenvalue weighted by Gasteiger charge is -2.07. The fourth-order valence-electron chi connectivity index (χ4n) is 2.34. The number of rotatable bonds is 9. The van der Waals surface area contributed by atoms with E-state index in [1.54, 1.807) is 12.1 Å². The Morgan fingerprint density at radius 1 is 1.03 bits per heavy atom. The van der Waals surface area contributed by atoms with E-state index >= 15 is 0 Å². The van der Waals surface area contributed by atoms with Crippen molar-refractivity contribution in [3.05, 3.63) is 70.6 Å². The molecule has 2 amide bonds. The zero-order chi connectivity index (χ0) is 21.3. The number of carbonyl (C=O) groups excluding carboxylic acids is 2. The molecule has 0 saturated carbocycles. The number of nitrogens with one attached hydrogen (secondary N) is 2. The highest BCUT2D eigenvalue weighted by atomic mass is 16.6. The quantitative estimate of drug-likeness (QED) is 0.306. The van der Waals surface area contributed by atoms with Gasteiger partial charge in [0.05, 0.1) is 4.92 Å². The van der Waals surface area contributed by atoms with Gasteiger partial charge in [-0.3, -0.25) is 19.7 Å². The molecule has 2 N–H and O–H groups in total. The lowest BCUT2D eigenvalue weighted by Crippen LogP contribution is -2.36. The Morgan fingerprint density at radius 2 is 1.73 bits per heavy atom. The number of nitro groups is 1. The summed E-state index contributed by atoms with van der Waals surface area (Å²) in [7, 11) is 0. The minimum Gasteiger partial charge on any atom is -0.484 e. The second-order valence-corrected chi connectivity index (χ2v) is 5.93. The van der Waals surface area contributed by atoms with Gasteiger partial charge in [0.15, 0.2) is 6.61 Å². The minimum absolute atomic E-state index is 0.0697. The van der Waals surface area contributed by atoms with Crippen molar-refractivity contribution >= 4 is 17.5 Å². The van der Waals surface area contributed by atoms with Crippen LogP contribution in [0, 0.1) is 10.1 Å². The predicted molar refractivity (Wildman–Crippen MR) is 104 cm³/mol. The van der Waals surface area contributed by atoms with Crippen LogP contribution in [0.3, 0.4) is 0 Å². The number of hydrogen-bond donors (Lipinski definition) is 2. The van der Waals surface area contributed by atoms with Crippen molar-refractivity contribution in [3.63, 3.8) is 0 Å². The van der Waals surface area contributed by atoms with E-state index in [0.717, 1.165) is 5.56 Å². The molecule has 3 aromatic rings. The molecule has 11 nitrogen and oxygen atoms in total. The molecular formula is C19H17N5O6. The molecular weight excluding hydrogens is 394 g/mol. The van der Waals surface area contributed by atoms with Crippen molar-refractivity contribution in [1.82, 2.24) is 20.8 Å². The van der Waals surface area contributed by atoms with E-state index < -0.39 is 16.7 Å². The van der Waals surface area contributed by atoms with Gasteiger partial charge >= 0.3 is 11.8 Å². The highest BCUT2D eigenvalue weighted by Gasteiger charge is 2.15. The fourth-order valence-corrected chi connectivity index (χ4v) is 2.34. The summed E-state index contributed by atoms with van der Waals surface area (Å²) in [5, 5.41) is 19.5. The van der Waals surface area contributed by atoms with Crippen LogP contribution < -0.4 is 15.4 Å². The summed E-state index contributed by atoms with van der Waals surface area (Å²) in [6.07, 6.45) is 0. The lowest BCUT2D eigenvalue weighted by atomic mass is 10.2. The molecule has 0 saturated heterocycles. The average Bonchev–Trinajstić information content (AvgIpc) is 3.26. The third-order valence-electron chi connectivity index (χ3n) is 3.80. The number of benzene rings is 2. The van der Waals surface area contributed by atoms with E-state index in [2.05, 4.69) is 20.8 Å². The number of nitro benzene ring substituents is 1. The molecule has 0 aliphatic heterocycles. The second kappa shape index (κ2) is 9.78. The third kappa shape index (κ3) is 5.61. The number of amides is 2. The molecule has 2 aromatic carbocycles. The molecule has 1 heterocycles. The molecule has 3 rings (SSSR count). The summed E-state index contributed by atoms with van der Waals surface area (Å²) >= 11 is 0. The van der Waals surface area contributed by atoms with Gasteiger partial charge in [-0.15, -0.1) is 0 Å². The van der Waals surface area contributed by atoms with Crippen LogP contribution in [-0.4, -0.2) is 46.6 Å². The molecule has 30 heavy (non-hydrogen) atoms. The van der Waals surface area contributed by atoms with Crippen LogP contribution in [0.1, 0.15) is 10.7 Å². The zero-order valence-corrected chi connectivity index (χ0v) is 15.6. The van der Waals surface area contributed by atoms with Gasteiger partial charge in [-0.1, -0.05) is 35.5 Å². The maximum Gasteiger partial charge on any atom is 0.316 e. The number of non-ortho nitro benzene ring substituents is 1. The Hall–Kier alpha value is -4.28. The van der Waals surface area contributed by atoms with Crippen molar-refractivity contribution in [3.8, 4) is 17.1 Å². The third-order valence-corrected chi connectivity index (χ3v) is 3.80. The standard InChI is InChI=1S/C19H17N5O6/c25-16(12-29-15-8-6-14(7-9-15)24(27)28)20-10-11-21-18(26)19-22-17(23-30-19)13-4-2-1-3-5-13/h1-9H,10-12H2,(H,20,25)(H,21,26). The molecule has 11 heteroatoms. The normalized spacial score (nSPS) is 10.3. The topological polar surface area (TPSA) is 149 Å². The molecule has 0 aliphatic rings. The molecule has 0 atom stereocenters. The van der Waals surface area contributed by atoms with E-state index in [-0.39, 0.29) is 31.3 Å². The van der Waals surface area contributed by atoms with Crippen molar-refractivity contribution < 1.29 is 23.8 Å². The van der Waals surface area contributed by atoms with Gasteiger partial charge in [0.25, 0.3) is 11.6 Å². The monoisotopic (exact) mass is 411 g/mol. The number of ether oxygens (including phenoxy) is 1. The largest absolute Gasteiger partial charge is 0.484 e. The van der Waals surface area contributed by atoms with E-state index in [1.165, 1.54) is 24.3 Å². The molecule has 1 aromatic heterocycles. The lowest BCUT2D eigenvalue weighted by molar-refractivity contribution is -0.384. The Labute approximate surface area is 170 Å². The van der Waals surface area contributed by atoms with Crippen LogP contribution in [0.25, 0.3) is 11.4 Å². The SMILES string of the molecule is O=C(COc1ccc([N+](=O)[O-])cc1)NCCNC(=O)c1nc(-c2ccccc2)no1. The molecule has 0 spiro atoms. The Balaban J connectivity index is 1.36. The second-order valence-electron chi connectivity index (χ2n) is 5.93. The maximum atomic E-state index is 12.0. The number of nitrogens with zero attached hydrogens (tertiary/aromatic N) is 3. The first-order valence-corrected chi connectivity index (χ1v) is 8.84. The fraction of sp³-hybridized carbons (Fsp3) is 0.158. The molecule has 154 valence electrons. The first-order chi connectivity index (χ1) is 14.5. The highest BCUT2D eigenvalue weighted by Crippen LogP contribution is 2.17. The average molecular weight is 411 g/mol. The first-order valence-electron chi connectivity index (χ1n) is 8.84. The highest BCUT2D eigenvalue weighted by molar-refractivity contribution is 5.89. The summed E-state index contributed by atoms with van der Waals surface area (Å²) in [5.41, 5.74) is 0.653. The van der Waals surface area contributed by atoms with Gasteiger partial charge in [0, 0.05) is 30.8 Å². The van der Waals surface area contributed by atoms with Gasteiger partial charge < -0.3 is 19.9 Å². The minimum atomic E-state index is -0.555. The predicted octanol–water partition coefficient (Wildman–Crippen LogP) is 1.57. The van der Waals surface area contributed by atoms with Crippen molar-refractivity contribution in [2.45, 2.75) is 0 Å². The van der Waals surface area contributed by atoms with Crippen molar-refractivity contribution in [2.75, 3.05) is 19.7 Å². The van der Waals surface area contributed by atoms with E-state index in [4.69, 9.17) is 9.26 Å². The summed E-state index contributed by atoms with van der Waals surface area (Å²) in [6.45, 7) is 0.0366. The first kappa shape index (κ1) is 20.5. The van der Waals surface area contributed by atoms with Gasteiger partial charge in [-0.25, -0.2) is 0 Å². The van der Waals surface area contributed by atoms with Crippen LogP contribution in [0.2, 0.25) is 0 Å². The summed E-state index contributed by atoms with van der Waals surface area (Å²) in [4.78, 5) is 37.9. The van der Waals surface area contributed by atoms with Crippen LogP contribution in [0.15, 0.2) is 59.1 Å². The van der Waals surface area contributed by atoms with Gasteiger partial charge in [-0.2, -0.15) is 4.98 Å². The number of carbonyl (C=O) groups is 2. The van der Waals surface area contributed by atoms with Crippen molar-refractivity contribution in [2.24, 2.45) is 0 Å². The van der Waals surface area contributed by atoms with E-state index in [1.807, 2.05) is 18.2 Å². The molecule has 0 bridgehead atoms. The number of hydrogen-bond acceptors (Lipinski definition) is 8. The van der Waals surface area contributed by atoms with Gasteiger partial charge in [0.2, 0.25) is 5.82 Å². The summed E-state index contributed by atoms with van der Waals surface area (Å²) in [6, 6.07) is 14.4. The van der Waals surface area contributed by atoms with E-state index in [0.29, 0.717) is 11.6 Å². The van der Waals surface area contributed by atoms with Crippen LogP contribution >= 0.6 is 0 Å². The van der Waals surface area contributed by atoms with Crippen LogP contribution in [-0.2, 0) is 4.79 Å². The van der Waals surface area contributed by atoms with Crippen molar-refractivity contribution in [1.29, 1.82) is 0 Å². The summed E-state index contributed by atoms with van der Waals surface area (Å²) < 4.78 is 10.2. The Bertz CT molecular complexity index is 1020. The van der Waals surface area contributed by atoms with Crippen LogP contribution in [0.4, 0.5) is 5.69 Å². The van der Waals surface area contributed by atoms with Gasteiger partial charge in [0.1, 0.15) is 5.75 Å².